The lowest BCUT2D eigenvalue weighted by molar-refractivity contribution is -0.0474. The molecule has 0 bridgehead atoms. The number of morpholine rings is 1. The molecule has 1 aliphatic heterocycles. The van der Waals surface area contributed by atoms with E-state index >= 15 is 0 Å². The van der Waals surface area contributed by atoms with Crippen molar-refractivity contribution in [2.45, 2.75) is 19.1 Å². The summed E-state index contributed by atoms with van der Waals surface area (Å²) in [6, 6.07) is 7.79. The van der Waals surface area contributed by atoms with Gasteiger partial charge in [0.05, 0.1) is 13.2 Å². The van der Waals surface area contributed by atoms with Crippen LogP contribution in [0.25, 0.3) is 10.8 Å². The van der Waals surface area contributed by atoms with E-state index in [1.54, 1.807) is 13.3 Å². The Morgan fingerprint density at radius 3 is 3.00 bits per heavy atom. The van der Waals surface area contributed by atoms with Crippen molar-refractivity contribution in [1.29, 1.82) is 0 Å². The molecule has 112 valence electrons. The molecule has 0 saturated carbocycles. The lowest BCUT2D eigenvalue weighted by Gasteiger charge is -2.28. The summed E-state index contributed by atoms with van der Waals surface area (Å²) in [5.41, 5.74) is 0. The Morgan fingerprint density at radius 1 is 1.29 bits per heavy atom. The number of aromatic nitrogens is 1. The van der Waals surface area contributed by atoms with Crippen LogP contribution in [-0.4, -0.2) is 44.0 Å². The summed E-state index contributed by atoms with van der Waals surface area (Å²) < 4.78 is 17.1. The van der Waals surface area contributed by atoms with Crippen LogP contribution >= 0.6 is 0 Å². The number of hydrogen-bond acceptors (Lipinski definition) is 5. The second-order valence-electron chi connectivity index (χ2n) is 5.21. The summed E-state index contributed by atoms with van der Waals surface area (Å²) in [6.07, 6.45) is 2.01. The summed E-state index contributed by atoms with van der Waals surface area (Å²) in [5, 5.41) is 5.28. The molecular weight excluding hydrogens is 268 g/mol. The molecule has 5 heteroatoms. The first kappa shape index (κ1) is 14.1. The van der Waals surface area contributed by atoms with Gasteiger partial charge in [0.15, 0.2) is 0 Å². The van der Waals surface area contributed by atoms with Crippen molar-refractivity contribution in [3.63, 3.8) is 0 Å². The first-order chi connectivity index (χ1) is 10.3. The second-order valence-corrected chi connectivity index (χ2v) is 5.21. The highest BCUT2D eigenvalue weighted by Crippen LogP contribution is 2.30. The van der Waals surface area contributed by atoms with E-state index in [4.69, 9.17) is 14.2 Å². The van der Waals surface area contributed by atoms with Crippen molar-refractivity contribution in [2.24, 2.45) is 0 Å². The van der Waals surface area contributed by atoms with Gasteiger partial charge in [0, 0.05) is 30.1 Å². The second kappa shape index (κ2) is 6.28. The third-order valence-electron chi connectivity index (χ3n) is 3.58. The van der Waals surface area contributed by atoms with Crippen molar-refractivity contribution in [3.05, 3.63) is 30.5 Å². The zero-order valence-electron chi connectivity index (χ0n) is 12.3. The molecule has 1 aliphatic rings. The zero-order valence-corrected chi connectivity index (χ0v) is 12.3. The first-order valence-corrected chi connectivity index (χ1v) is 7.18. The number of rotatable bonds is 4. The molecule has 2 heterocycles. The fraction of sp³-hybridized carbons (Fsp3) is 0.438. The number of nitrogens with one attached hydrogen (secondary N) is 1. The van der Waals surface area contributed by atoms with Gasteiger partial charge >= 0.3 is 0 Å². The predicted octanol–water partition coefficient (Wildman–Crippen LogP) is 2.00. The molecule has 0 spiro atoms. The van der Waals surface area contributed by atoms with Gasteiger partial charge in [-0.15, -0.1) is 0 Å². The van der Waals surface area contributed by atoms with Gasteiger partial charge in [-0.2, -0.15) is 0 Å². The maximum atomic E-state index is 5.87. The highest BCUT2D eigenvalue weighted by Gasteiger charge is 2.19. The Balaban J connectivity index is 1.78. The topological polar surface area (TPSA) is 52.6 Å². The standard InChI is InChI=1S/C16H20N2O3/c1-11-8-17-9-12(21-11)10-20-16-14-4-3-5-15(19-2)13(14)6-7-18-16/h3-7,11-12,17H,8-10H2,1-2H3. The predicted molar refractivity (Wildman–Crippen MR) is 81.0 cm³/mol. The van der Waals surface area contributed by atoms with E-state index in [1.807, 2.05) is 24.3 Å². The normalized spacial score (nSPS) is 22.2. The molecule has 1 aromatic carbocycles. The van der Waals surface area contributed by atoms with Crippen LogP contribution in [0.15, 0.2) is 30.5 Å². The third-order valence-corrected chi connectivity index (χ3v) is 3.58. The summed E-state index contributed by atoms with van der Waals surface area (Å²) >= 11 is 0. The van der Waals surface area contributed by atoms with Gasteiger partial charge in [-0.3, -0.25) is 0 Å². The molecule has 2 atom stereocenters. The van der Waals surface area contributed by atoms with Gasteiger partial charge < -0.3 is 19.5 Å². The van der Waals surface area contributed by atoms with Gasteiger partial charge in [-0.25, -0.2) is 4.98 Å². The van der Waals surface area contributed by atoms with Gasteiger partial charge in [0.1, 0.15) is 18.5 Å². The molecule has 0 radical (unpaired) electrons. The molecule has 0 aliphatic carbocycles. The van der Waals surface area contributed by atoms with Crippen LogP contribution in [0.3, 0.4) is 0 Å². The van der Waals surface area contributed by atoms with Crippen LogP contribution in [0.4, 0.5) is 0 Å². The Morgan fingerprint density at radius 2 is 2.19 bits per heavy atom. The number of pyridine rings is 1. The van der Waals surface area contributed by atoms with Crippen LogP contribution < -0.4 is 14.8 Å². The van der Waals surface area contributed by atoms with Crippen molar-refractivity contribution < 1.29 is 14.2 Å². The molecule has 21 heavy (non-hydrogen) atoms. The average Bonchev–Trinajstić information content (AvgIpc) is 2.52. The number of fused-ring (bicyclic) bond motifs is 1. The van der Waals surface area contributed by atoms with Gasteiger partial charge in [-0.05, 0) is 25.1 Å². The maximum absolute atomic E-state index is 5.87. The van der Waals surface area contributed by atoms with Crippen LogP contribution in [0.1, 0.15) is 6.92 Å². The Labute approximate surface area is 124 Å². The van der Waals surface area contributed by atoms with Crippen molar-refractivity contribution in [3.8, 4) is 11.6 Å². The monoisotopic (exact) mass is 288 g/mol. The lowest BCUT2D eigenvalue weighted by Crippen LogP contribution is -2.45. The number of nitrogens with zero attached hydrogens (tertiary/aromatic N) is 1. The minimum atomic E-state index is 0.0522. The molecule has 1 saturated heterocycles. The van der Waals surface area contributed by atoms with Crippen molar-refractivity contribution in [2.75, 3.05) is 26.8 Å². The lowest BCUT2D eigenvalue weighted by atomic mass is 10.1. The van der Waals surface area contributed by atoms with Crippen LogP contribution in [0, 0.1) is 0 Å². The summed E-state index contributed by atoms with van der Waals surface area (Å²) in [7, 11) is 1.67. The molecule has 0 amide bonds. The molecule has 1 aromatic heterocycles. The van der Waals surface area contributed by atoms with E-state index < -0.39 is 0 Å². The molecule has 2 unspecified atom stereocenters. The van der Waals surface area contributed by atoms with E-state index in [2.05, 4.69) is 17.2 Å². The fourth-order valence-corrected chi connectivity index (χ4v) is 2.59. The molecule has 5 nitrogen and oxygen atoms in total. The summed E-state index contributed by atoms with van der Waals surface area (Å²) in [4.78, 5) is 4.33. The van der Waals surface area contributed by atoms with Gasteiger partial charge in [0.25, 0.3) is 0 Å². The molecule has 1 fully saturated rings. The molecular formula is C16H20N2O3. The van der Waals surface area contributed by atoms with Crippen LogP contribution in [0.5, 0.6) is 11.6 Å². The number of hydrogen-bond donors (Lipinski definition) is 1. The van der Waals surface area contributed by atoms with E-state index in [0.29, 0.717) is 12.5 Å². The van der Waals surface area contributed by atoms with Crippen LogP contribution in [0.2, 0.25) is 0 Å². The SMILES string of the molecule is COc1cccc2c(OCC3CNCC(C)O3)nccc12. The smallest absolute Gasteiger partial charge is 0.221 e. The summed E-state index contributed by atoms with van der Waals surface area (Å²) in [6.45, 7) is 4.24. The van der Waals surface area contributed by atoms with Crippen molar-refractivity contribution >= 4 is 10.8 Å². The Hall–Kier alpha value is -1.85. The Bertz CT molecular complexity index is 617. The molecule has 1 N–H and O–H groups in total. The van der Waals surface area contributed by atoms with Gasteiger partial charge in [-0.1, -0.05) is 6.07 Å². The number of methoxy groups -OCH3 is 1. The highest BCUT2D eigenvalue weighted by atomic mass is 16.5. The average molecular weight is 288 g/mol. The Kier molecular flexibility index (Phi) is 4.22. The maximum Gasteiger partial charge on any atom is 0.221 e. The van der Waals surface area contributed by atoms with E-state index in [9.17, 15) is 0 Å². The number of ether oxygens (including phenoxy) is 3. The van der Waals surface area contributed by atoms with E-state index in [1.165, 1.54) is 0 Å². The van der Waals surface area contributed by atoms with Crippen LogP contribution in [-0.2, 0) is 4.74 Å². The van der Waals surface area contributed by atoms with Crippen molar-refractivity contribution in [1.82, 2.24) is 10.3 Å². The van der Waals surface area contributed by atoms with E-state index in [0.717, 1.165) is 29.6 Å². The highest BCUT2D eigenvalue weighted by molar-refractivity contribution is 5.91. The molecule has 3 rings (SSSR count). The third kappa shape index (κ3) is 3.09. The zero-order chi connectivity index (χ0) is 14.7. The first-order valence-electron chi connectivity index (χ1n) is 7.18. The largest absolute Gasteiger partial charge is 0.496 e. The molecule has 2 aromatic rings. The quantitative estimate of drug-likeness (QED) is 0.932. The number of benzene rings is 1. The van der Waals surface area contributed by atoms with E-state index in [-0.39, 0.29) is 12.2 Å². The summed E-state index contributed by atoms with van der Waals surface area (Å²) in [5.74, 6) is 1.44. The minimum Gasteiger partial charge on any atom is -0.496 e. The fourth-order valence-electron chi connectivity index (χ4n) is 2.59. The minimum absolute atomic E-state index is 0.0522. The van der Waals surface area contributed by atoms with Gasteiger partial charge in [0.2, 0.25) is 5.88 Å².